The minimum atomic E-state index is -0.680. The molecule has 1 atom stereocenters. The van der Waals surface area contributed by atoms with Crippen LogP contribution < -0.4 is 4.74 Å². The second-order valence-electron chi connectivity index (χ2n) is 2.91. The number of carbonyl (C=O) groups excluding carboxylic acids is 1. The summed E-state index contributed by atoms with van der Waals surface area (Å²) in [5, 5.41) is 0. The highest BCUT2D eigenvalue weighted by atomic mass is 16.6. The topological polar surface area (TPSA) is 44.8 Å². The first-order chi connectivity index (χ1) is 7.22. The summed E-state index contributed by atoms with van der Waals surface area (Å²) in [6.07, 6.45) is -0.680. The molecule has 0 aliphatic rings. The van der Waals surface area contributed by atoms with Crippen LogP contribution in [-0.2, 0) is 14.3 Å². The molecular formula is C11H14O4. The first kappa shape index (κ1) is 11.5. The molecule has 0 aliphatic heterocycles. The van der Waals surface area contributed by atoms with Crippen molar-refractivity contribution in [1.82, 2.24) is 0 Å². The van der Waals surface area contributed by atoms with Crippen LogP contribution in [0.5, 0.6) is 5.75 Å². The summed E-state index contributed by atoms with van der Waals surface area (Å²) in [5.74, 6) is 0.320. The van der Waals surface area contributed by atoms with E-state index in [1.165, 1.54) is 14.2 Å². The number of hydrogen-bond acceptors (Lipinski definition) is 4. The largest absolute Gasteiger partial charge is 0.497 e. The fourth-order valence-corrected chi connectivity index (χ4v) is 1.25. The fraction of sp³-hybridized carbons (Fsp3) is 0.364. The Bertz CT molecular complexity index is 318. The Labute approximate surface area is 88.8 Å². The van der Waals surface area contributed by atoms with Crippen LogP contribution in [-0.4, -0.2) is 27.3 Å². The van der Waals surface area contributed by atoms with Crippen molar-refractivity contribution in [1.29, 1.82) is 0 Å². The van der Waals surface area contributed by atoms with Crippen LogP contribution in [0.3, 0.4) is 0 Å². The van der Waals surface area contributed by atoms with Crippen LogP contribution in [0.25, 0.3) is 0 Å². The van der Waals surface area contributed by atoms with Crippen molar-refractivity contribution in [2.45, 2.75) is 6.10 Å². The molecule has 0 amide bonds. The standard InChI is InChI=1S/C11H14O4/c1-13-9-6-4-8(5-7-9)10(14-2)11(12)15-3/h4-7,10H,1-3H3/t10-/m0/s1. The van der Waals surface area contributed by atoms with Gasteiger partial charge >= 0.3 is 5.97 Å². The van der Waals surface area contributed by atoms with Crippen LogP contribution in [0.1, 0.15) is 11.7 Å². The molecule has 15 heavy (non-hydrogen) atoms. The molecule has 1 rings (SSSR count). The Hall–Kier alpha value is -1.55. The molecule has 1 aromatic rings. The summed E-state index contributed by atoms with van der Waals surface area (Å²) in [5.41, 5.74) is 0.741. The Morgan fingerprint density at radius 2 is 1.73 bits per heavy atom. The van der Waals surface area contributed by atoms with E-state index in [1.807, 2.05) is 0 Å². The zero-order valence-corrected chi connectivity index (χ0v) is 9.02. The van der Waals surface area contributed by atoms with Crippen LogP contribution in [0.2, 0.25) is 0 Å². The molecule has 0 spiro atoms. The Morgan fingerprint density at radius 1 is 1.13 bits per heavy atom. The van der Waals surface area contributed by atoms with E-state index < -0.39 is 12.1 Å². The SMILES string of the molecule is COC(=O)[C@@H](OC)c1ccc(OC)cc1. The first-order valence-corrected chi connectivity index (χ1v) is 4.47. The maximum Gasteiger partial charge on any atom is 0.339 e. The molecule has 0 saturated carbocycles. The predicted molar refractivity (Wildman–Crippen MR) is 54.8 cm³/mol. The van der Waals surface area contributed by atoms with Crippen LogP contribution >= 0.6 is 0 Å². The van der Waals surface area contributed by atoms with Crippen molar-refractivity contribution in [3.05, 3.63) is 29.8 Å². The minimum Gasteiger partial charge on any atom is -0.497 e. The molecule has 0 bridgehead atoms. The molecule has 4 nitrogen and oxygen atoms in total. The van der Waals surface area contributed by atoms with E-state index in [-0.39, 0.29) is 0 Å². The summed E-state index contributed by atoms with van der Waals surface area (Å²) < 4.78 is 14.7. The molecule has 82 valence electrons. The first-order valence-electron chi connectivity index (χ1n) is 4.47. The van der Waals surface area contributed by atoms with Gasteiger partial charge in [0, 0.05) is 7.11 Å². The van der Waals surface area contributed by atoms with Crippen LogP contribution in [0.4, 0.5) is 0 Å². The van der Waals surface area contributed by atoms with E-state index in [4.69, 9.17) is 9.47 Å². The van der Waals surface area contributed by atoms with Gasteiger partial charge in [0.25, 0.3) is 0 Å². The smallest absolute Gasteiger partial charge is 0.339 e. The van der Waals surface area contributed by atoms with Crippen LogP contribution in [0.15, 0.2) is 24.3 Å². The van der Waals surface area contributed by atoms with E-state index in [2.05, 4.69) is 4.74 Å². The van der Waals surface area contributed by atoms with Crippen molar-refractivity contribution in [3.63, 3.8) is 0 Å². The van der Waals surface area contributed by atoms with Crippen molar-refractivity contribution < 1.29 is 19.0 Å². The third-order valence-electron chi connectivity index (χ3n) is 2.07. The molecule has 0 radical (unpaired) electrons. The van der Waals surface area contributed by atoms with Gasteiger partial charge in [-0.3, -0.25) is 0 Å². The number of hydrogen-bond donors (Lipinski definition) is 0. The minimum absolute atomic E-state index is 0.414. The fourth-order valence-electron chi connectivity index (χ4n) is 1.25. The number of rotatable bonds is 4. The second-order valence-corrected chi connectivity index (χ2v) is 2.91. The molecular weight excluding hydrogens is 196 g/mol. The van der Waals surface area contributed by atoms with Gasteiger partial charge in [0.1, 0.15) is 5.75 Å². The second kappa shape index (κ2) is 5.36. The van der Waals surface area contributed by atoms with Gasteiger partial charge < -0.3 is 14.2 Å². The number of benzene rings is 1. The monoisotopic (exact) mass is 210 g/mol. The average molecular weight is 210 g/mol. The third-order valence-corrected chi connectivity index (χ3v) is 2.07. The number of methoxy groups -OCH3 is 3. The molecule has 0 unspecified atom stereocenters. The summed E-state index contributed by atoms with van der Waals surface area (Å²) in [6, 6.07) is 7.07. The molecule has 0 aliphatic carbocycles. The molecule has 0 fully saturated rings. The van der Waals surface area contributed by atoms with E-state index in [1.54, 1.807) is 31.4 Å². The zero-order valence-electron chi connectivity index (χ0n) is 9.02. The van der Waals surface area contributed by atoms with E-state index in [0.29, 0.717) is 0 Å². The van der Waals surface area contributed by atoms with Gasteiger partial charge in [-0.25, -0.2) is 4.79 Å². The van der Waals surface area contributed by atoms with Crippen LogP contribution in [0, 0.1) is 0 Å². The summed E-state index contributed by atoms with van der Waals surface area (Å²) in [7, 11) is 4.38. The van der Waals surface area contributed by atoms with Gasteiger partial charge in [0.15, 0.2) is 6.10 Å². The quantitative estimate of drug-likeness (QED) is 0.707. The van der Waals surface area contributed by atoms with Gasteiger partial charge in [-0.05, 0) is 17.7 Å². The lowest BCUT2D eigenvalue weighted by atomic mass is 10.1. The van der Waals surface area contributed by atoms with Gasteiger partial charge in [0.05, 0.1) is 14.2 Å². The highest BCUT2D eigenvalue weighted by Crippen LogP contribution is 2.20. The molecule has 4 heteroatoms. The molecule has 0 N–H and O–H groups in total. The third kappa shape index (κ3) is 2.70. The molecule has 0 saturated heterocycles. The van der Waals surface area contributed by atoms with Crippen molar-refractivity contribution in [2.24, 2.45) is 0 Å². The molecule has 1 aromatic carbocycles. The Balaban J connectivity index is 2.87. The number of esters is 1. The van der Waals surface area contributed by atoms with Crippen molar-refractivity contribution >= 4 is 5.97 Å². The van der Waals surface area contributed by atoms with E-state index in [9.17, 15) is 4.79 Å². The summed E-state index contributed by atoms with van der Waals surface area (Å²) in [4.78, 5) is 11.3. The Kier molecular flexibility index (Phi) is 4.12. The predicted octanol–water partition coefficient (Wildman–Crippen LogP) is 1.56. The highest BCUT2D eigenvalue weighted by Gasteiger charge is 2.20. The van der Waals surface area contributed by atoms with Gasteiger partial charge in [-0.1, -0.05) is 12.1 Å². The lowest BCUT2D eigenvalue weighted by molar-refractivity contribution is -0.152. The lowest BCUT2D eigenvalue weighted by Gasteiger charge is -2.13. The number of carbonyl (C=O) groups is 1. The van der Waals surface area contributed by atoms with Gasteiger partial charge in [-0.15, -0.1) is 0 Å². The zero-order chi connectivity index (χ0) is 11.3. The van der Waals surface area contributed by atoms with Crippen molar-refractivity contribution in [2.75, 3.05) is 21.3 Å². The summed E-state index contributed by atoms with van der Waals surface area (Å²) >= 11 is 0. The lowest BCUT2D eigenvalue weighted by Crippen LogP contribution is -2.15. The van der Waals surface area contributed by atoms with E-state index in [0.717, 1.165) is 11.3 Å². The normalized spacial score (nSPS) is 11.9. The highest BCUT2D eigenvalue weighted by molar-refractivity contribution is 5.76. The molecule has 0 aromatic heterocycles. The van der Waals surface area contributed by atoms with Crippen molar-refractivity contribution in [3.8, 4) is 5.75 Å². The summed E-state index contributed by atoms with van der Waals surface area (Å²) in [6.45, 7) is 0. The number of ether oxygens (including phenoxy) is 3. The Morgan fingerprint density at radius 3 is 2.13 bits per heavy atom. The van der Waals surface area contributed by atoms with Gasteiger partial charge in [-0.2, -0.15) is 0 Å². The molecule has 0 heterocycles. The maximum atomic E-state index is 11.3. The van der Waals surface area contributed by atoms with E-state index >= 15 is 0 Å². The van der Waals surface area contributed by atoms with Gasteiger partial charge in [0.2, 0.25) is 0 Å². The maximum absolute atomic E-state index is 11.3. The average Bonchev–Trinajstić information content (AvgIpc) is 2.30.